The molecule has 0 saturated carbocycles. The monoisotopic (exact) mass is 2020 g/mol. The second-order valence-electron chi connectivity index (χ2n) is 35.4. The van der Waals surface area contributed by atoms with Crippen molar-refractivity contribution in [1.29, 1.82) is 0 Å². The number of esters is 2. The second kappa shape index (κ2) is 38.8. The van der Waals surface area contributed by atoms with Gasteiger partial charge in [-0.15, -0.1) is 0 Å². The predicted octanol–water partition coefficient (Wildman–Crippen LogP) is 23.4. The van der Waals surface area contributed by atoms with Crippen LogP contribution in [0.3, 0.4) is 0 Å². The average molecular weight is 2030 g/mol. The smallest absolute Gasteiger partial charge is 0.402 e. The van der Waals surface area contributed by atoms with E-state index in [0.717, 1.165) is 164 Å². The van der Waals surface area contributed by atoms with Crippen LogP contribution in [-0.4, -0.2) is 113 Å². The first-order valence-electron chi connectivity index (χ1n) is 45.1. The van der Waals surface area contributed by atoms with Gasteiger partial charge in [0.25, 0.3) is 47.3 Å². The molecule has 11 N–H and O–H groups in total. The summed E-state index contributed by atoms with van der Waals surface area (Å²) in [6, 6.07) is 66.6. The number of hydrogen-bond acceptors (Lipinski definition) is 21. The Bertz CT molecular complexity index is 8250. The molecule has 748 valence electrons. The second-order valence-corrected chi connectivity index (χ2v) is 35.4. The number of rotatable bonds is 26. The topological polar surface area (TPSA) is 404 Å². The molecule has 0 radical (unpaired) electrons. The van der Waals surface area contributed by atoms with Crippen LogP contribution < -0.4 is 40.5 Å². The number of alkyl halides is 9. The number of fused-ring (bicyclic) bond motifs is 4. The lowest BCUT2D eigenvalue weighted by molar-refractivity contribution is -0.173. The highest BCUT2D eigenvalue weighted by Gasteiger charge is 2.57. The highest BCUT2D eigenvalue weighted by atomic mass is 19.4. The maximum absolute atomic E-state index is 15.8. The molecule has 0 bridgehead atoms. The van der Waals surface area contributed by atoms with E-state index < -0.39 is 185 Å². The number of carbonyl (C=O) groups excluding carboxylic acids is 10. The number of halogens is 9. The van der Waals surface area contributed by atoms with Crippen molar-refractivity contribution in [3.8, 4) is 63.2 Å². The standard InChI is InChI=1S/C113H77F9N6O21/c1-108(111(114,115)116,71-13-8-14-77(51-71)127-102(140)82-38-23-67(47-84(82)104(127)142)106(144)146-57-69-45-63-9-4-6-11-65(63)49-96(69)134)72-25-40-91(129)86(52-72)123-98(136)59-15-30-78(31-16-59)148-79-32-17-60(18-33-79)99(137)124-87-53-73(26-41-92(87)130)109(2,112(117,118)119)74-27-42-93(131)88(54-74)125-100(138)61-19-34-80(35-20-61)149-81-36-21-62(22-37-81)101(139)126-89-55-75(28-43-94(89)132)110(3,113(120,121)122)76-29-44-95(133)90(56-76)128-103(141)83-39-24-68(48-85(83)105(128)143)107(145)147-58-70-46-64-10-5-7-12-66(64)50-97(70)135/h4-56,129-135H,57-58H2,1-3H3,(H,123,136)(H,124,137)(H,125,138)(H,126,139). The molecule has 0 fully saturated rings. The molecule has 0 aliphatic carbocycles. The normalized spacial score (nSPS) is 13.7. The zero-order chi connectivity index (χ0) is 106. The van der Waals surface area contributed by atoms with Gasteiger partial charge in [-0.25, -0.2) is 19.4 Å². The largest absolute Gasteiger partial charge is 0.508 e. The third kappa shape index (κ3) is 19.1. The minimum atomic E-state index is -5.21. The van der Waals surface area contributed by atoms with Crippen molar-refractivity contribution in [3.63, 3.8) is 0 Å². The summed E-state index contributed by atoms with van der Waals surface area (Å²) in [4.78, 5) is 139. The van der Waals surface area contributed by atoms with E-state index in [1.807, 2.05) is 0 Å². The van der Waals surface area contributed by atoms with Gasteiger partial charge in [0.1, 0.15) is 92.7 Å². The lowest BCUT2D eigenvalue weighted by Crippen LogP contribution is -2.41. The summed E-state index contributed by atoms with van der Waals surface area (Å²) >= 11 is 0. The van der Waals surface area contributed by atoms with Crippen molar-refractivity contribution in [2.75, 3.05) is 31.1 Å². The van der Waals surface area contributed by atoms with Gasteiger partial charge in [0.05, 0.1) is 67.5 Å². The molecule has 2 aliphatic heterocycles. The Morgan fingerprint density at radius 2 is 0.544 bits per heavy atom. The van der Waals surface area contributed by atoms with Crippen LogP contribution in [0.5, 0.6) is 63.2 Å². The van der Waals surface area contributed by atoms with Crippen LogP contribution in [0.2, 0.25) is 0 Å². The predicted molar refractivity (Wildman–Crippen MR) is 527 cm³/mol. The summed E-state index contributed by atoms with van der Waals surface area (Å²) in [5.41, 5.74) is -16.1. The van der Waals surface area contributed by atoms with Gasteiger partial charge in [-0.1, -0.05) is 91.0 Å². The van der Waals surface area contributed by atoms with Crippen molar-refractivity contribution in [2.45, 2.75) is 68.8 Å². The highest BCUT2D eigenvalue weighted by molar-refractivity contribution is 6.36. The van der Waals surface area contributed by atoms with E-state index in [-0.39, 0.29) is 115 Å². The van der Waals surface area contributed by atoms with Crippen LogP contribution in [0.15, 0.2) is 322 Å². The zero-order valence-electron chi connectivity index (χ0n) is 77.7. The van der Waals surface area contributed by atoms with Crippen LogP contribution in [0.4, 0.5) is 73.6 Å². The molecule has 3 unspecified atom stereocenters. The molecule has 3 atom stereocenters. The Morgan fingerprint density at radius 1 is 0.268 bits per heavy atom. The Hall–Kier alpha value is -19.3. The molecule has 0 saturated heterocycles. The lowest BCUT2D eigenvalue weighted by Gasteiger charge is -2.34. The van der Waals surface area contributed by atoms with Crippen LogP contribution in [0.1, 0.15) is 169 Å². The molecule has 8 amide bonds. The Labute approximate surface area is 837 Å². The van der Waals surface area contributed by atoms with Gasteiger partial charge in [-0.2, -0.15) is 39.5 Å². The molecule has 0 aromatic heterocycles. The summed E-state index contributed by atoms with van der Waals surface area (Å²) in [6.45, 7) is 1.64. The Morgan fingerprint density at radius 3 is 0.866 bits per heavy atom. The first-order chi connectivity index (χ1) is 70.8. The van der Waals surface area contributed by atoms with Crippen molar-refractivity contribution >= 4 is 115 Å². The summed E-state index contributed by atoms with van der Waals surface area (Å²) in [7, 11) is 0. The minimum absolute atomic E-state index is 0.0733. The number of ether oxygens (including phenoxy) is 4. The summed E-state index contributed by atoms with van der Waals surface area (Å²) in [5.74, 6) is -12.8. The summed E-state index contributed by atoms with van der Waals surface area (Å²) in [5, 5.41) is 88.9. The molecule has 18 rings (SSSR count). The zero-order valence-corrected chi connectivity index (χ0v) is 77.7. The maximum atomic E-state index is 15.8. The van der Waals surface area contributed by atoms with Gasteiger partial charge in [0, 0.05) is 33.4 Å². The van der Waals surface area contributed by atoms with Gasteiger partial charge in [0.2, 0.25) is 0 Å². The first kappa shape index (κ1) is 99.8. The van der Waals surface area contributed by atoms with E-state index in [9.17, 15) is 83.7 Å². The molecule has 2 aliphatic rings. The fourth-order valence-corrected chi connectivity index (χ4v) is 17.4. The molecular formula is C113H77F9N6O21. The maximum Gasteiger partial charge on any atom is 0.402 e. The minimum Gasteiger partial charge on any atom is -0.508 e. The molecule has 0 spiro atoms. The van der Waals surface area contributed by atoms with E-state index in [2.05, 4.69) is 21.3 Å². The van der Waals surface area contributed by atoms with Crippen LogP contribution in [-0.2, 0) is 38.9 Å². The average Bonchev–Trinajstić information content (AvgIpc) is 1.69. The number of imide groups is 2. The number of phenolic OH excluding ortho intramolecular Hbond substituents is 7. The molecule has 2 heterocycles. The van der Waals surface area contributed by atoms with Crippen molar-refractivity contribution < 1.29 is 142 Å². The quantitative estimate of drug-likeness (QED) is 0.0104. The summed E-state index contributed by atoms with van der Waals surface area (Å²) < 4.78 is 165. The number of nitrogens with zero attached hydrogens (tertiary/aromatic N) is 2. The van der Waals surface area contributed by atoms with Crippen LogP contribution >= 0.6 is 0 Å². The summed E-state index contributed by atoms with van der Waals surface area (Å²) in [6.07, 6.45) is -15.5. The number of phenols is 7. The Kier molecular flexibility index (Phi) is 26.0. The number of benzene rings is 16. The number of nitrogens with one attached hydrogen (secondary N) is 4. The van der Waals surface area contributed by atoms with Gasteiger partial charge >= 0.3 is 30.5 Å². The number of anilines is 6. The SMILES string of the molecule is CC(c1cccc(N2C(=O)c3ccc(C(=O)OCc4cc5ccccc5cc4O)cc3C2=O)c1)(c1ccc(O)c(NC(=O)c2ccc(Oc3ccc(C(=O)Nc4cc(C(C)(c5ccc(O)c(NC(=O)c6ccc(Oc7ccc(C(=O)Nc8cc(C(C)(c9ccc(O)c(N%10C(=O)c%11ccc(C(=O)OCc%12cc%13ccccc%13cc%12O)cc%11C%10=O)c9)C(F)(F)F)ccc8O)cc7)cc6)c5)C(F)(F)F)ccc4O)cc3)cc2)c1)C(F)(F)F. The lowest BCUT2D eigenvalue weighted by atomic mass is 9.75. The molecule has 16 aromatic rings. The molecular weight excluding hydrogens is 1950 g/mol. The number of aromatic hydroxyl groups is 7. The van der Waals surface area contributed by atoms with Crippen LogP contribution in [0.25, 0.3) is 21.5 Å². The van der Waals surface area contributed by atoms with Crippen molar-refractivity contribution in [2.24, 2.45) is 0 Å². The third-order valence-electron chi connectivity index (χ3n) is 26.3. The van der Waals surface area contributed by atoms with Crippen molar-refractivity contribution in [1.82, 2.24) is 0 Å². The molecule has 27 nitrogen and oxygen atoms in total. The van der Waals surface area contributed by atoms with E-state index in [0.29, 0.717) is 15.4 Å². The van der Waals surface area contributed by atoms with Crippen LogP contribution in [0, 0.1) is 0 Å². The van der Waals surface area contributed by atoms with E-state index in [4.69, 9.17) is 18.9 Å². The molecule has 149 heavy (non-hydrogen) atoms. The van der Waals surface area contributed by atoms with Gasteiger partial charge in [-0.3, -0.25) is 38.4 Å². The fourth-order valence-electron chi connectivity index (χ4n) is 17.4. The molecule has 36 heteroatoms. The number of carbonyl (C=O) groups is 10. The number of hydrogen-bond donors (Lipinski definition) is 11. The number of amides is 8. The van der Waals surface area contributed by atoms with Gasteiger partial charge in [-0.05, 0) is 306 Å². The highest BCUT2D eigenvalue weighted by Crippen LogP contribution is 2.54. The van der Waals surface area contributed by atoms with E-state index in [1.165, 1.54) is 140 Å². The van der Waals surface area contributed by atoms with Crippen molar-refractivity contribution in [3.05, 3.63) is 422 Å². The third-order valence-corrected chi connectivity index (χ3v) is 26.3. The van der Waals surface area contributed by atoms with Gasteiger partial charge in [0.15, 0.2) is 0 Å². The van der Waals surface area contributed by atoms with E-state index >= 15 is 39.5 Å². The Balaban J connectivity index is 0.477. The first-order valence-corrected chi connectivity index (χ1v) is 45.1. The van der Waals surface area contributed by atoms with E-state index in [1.54, 1.807) is 60.7 Å². The van der Waals surface area contributed by atoms with Gasteiger partial charge < -0.3 is 76.0 Å². The molecule has 16 aromatic carbocycles. The fraction of sp³-hybridized carbons (Fsp3) is 0.0973.